The van der Waals surface area contributed by atoms with Gasteiger partial charge >= 0.3 is 6.16 Å². The molecule has 0 bridgehead atoms. The molecule has 2 aromatic rings. The summed E-state index contributed by atoms with van der Waals surface area (Å²) in [5.74, 6) is 0.792. The van der Waals surface area contributed by atoms with Crippen LogP contribution in [0.3, 0.4) is 0 Å². The first-order valence-electron chi connectivity index (χ1n) is 12.2. The minimum atomic E-state index is -0.816. The van der Waals surface area contributed by atoms with Crippen molar-refractivity contribution in [2.24, 2.45) is 11.5 Å². The number of nitrogens with zero attached hydrogens (tertiary/aromatic N) is 2. The van der Waals surface area contributed by atoms with Crippen molar-refractivity contribution in [1.29, 1.82) is 10.8 Å². The summed E-state index contributed by atoms with van der Waals surface area (Å²) in [6.45, 7) is 4.83. The van der Waals surface area contributed by atoms with Crippen molar-refractivity contribution in [3.05, 3.63) is 59.2 Å². The molecule has 10 heteroatoms. The highest BCUT2D eigenvalue weighted by Gasteiger charge is 2.40. The summed E-state index contributed by atoms with van der Waals surface area (Å²) >= 11 is 0. The van der Waals surface area contributed by atoms with Crippen molar-refractivity contribution < 1.29 is 19.0 Å². The molecule has 192 valence electrons. The van der Waals surface area contributed by atoms with Gasteiger partial charge in [-0.3, -0.25) is 10.8 Å². The van der Waals surface area contributed by atoms with Crippen molar-refractivity contribution in [2.75, 3.05) is 37.7 Å². The fourth-order valence-electron chi connectivity index (χ4n) is 4.67. The van der Waals surface area contributed by atoms with Crippen LogP contribution in [0.15, 0.2) is 42.5 Å². The van der Waals surface area contributed by atoms with E-state index < -0.39 is 11.8 Å². The lowest BCUT2D eigenvalue weighted by Gasteiger charge is -2.41. The maximum Gasteiger partial charge on any atom is 0.508 e. The van der Waals surface area contributed by atoms with Crippen LogP contribution in [0.25, 0.3) is 0 Å². The molecule has 0 spiro atoms. The molecular formula is C26H34N6O4. The summed E-state index contributed by atoms with van der Waals surface area (Å²) in [5, 5.41) is 15.3. The average molecular weight is 495 g/mol. The van der Waals surface area contributed by atoms with Crippen LogP contribution in [0.5, 0.6) is 5.75 Å². The molecule has 0 aromatic heterocycles. The smallest absolute Gasteiger partial charge is 0.489 e. The number of anilines is 1. The second kappa shape index (κ2) is 10.8. The minimum Gasteiger partial charge on any atom is -0.489 e. The first-order valence-corrected chi connectivity index (χ1v) is 12.2. The Morgan fingerprint density at radius 1 is 1.03 bits per heavy atom. The fraction of sp³-hybridized carbons (Fsp3) is 0.423. The highest BCUT2D eigenvalue weighted by Crippen LogP contribution is 2.32. The van der Waals surface area contributed by atoms with Gasteiger partial charge in [0.05, 0.1) is 6.61 Å². The van der Waals surface area contributed by atoms with Crippen LogP contribution in [0, 0.1) is 10.8 Å². The summed E-state index contributed by atoms with van der Waals surface area (Å²) in [5.41, 5.74) is 14.4. The van der Waals surface area contributed by atoms with Gasteiger partial charge in [-0.05, 0) is 60.9 Å². The van der Waals surface area contributed by atoms with Crippen molar-refractivity contribution >= 4 is 23.6 Å². The van der Waals surface area contributed by atoms with Gasteiger partial charge in [0.15, 0.2) is 11.6 Å². The number of nitrogens with one attached hydrogen (secondary N) is 2. The summed E-state index contributed by atoms with van der Waals surface area (Å²) in [6.07, 6.45) is 1.28. The van der Waals surface area contributed by atoms with E-state index in [1.807, 2.05) is 47.4 Å². The lowest BCUT2D eigenvalue weighted by atomic mass is 9.91. The molecule has 0 aliphatic carbocycles. The first-order chi connectivity index (χ1) is 17.3. The topological polar surface area (TPSA) is 151 Å². The SMILES string of the molecule is CCOC(=O)OC1(COc2ccc3c(c2)CN(C(=N)N)CC3)CCN(c2ccc(C(=N)N)cc2)CC1. The lowest BCUT2D eigenvalue weighted by molar-refractivity contribution is -0.0692. The maximum atomic E-state index is 12.3. The quantitative estimate of drug-likeness (QED) is 0.261. The zero-order chi connectivity index (χ0) is 25.7. The van der Waals surface area contributed by atoms with E-state index >= 15 is 0 Å². The Morgan fingerprint density at radius 2 is 1.75 bits per heavy atom. The zero-order valence-corrected chi connectivity index (χ0v) is 20.6. The Hall–Kier alpha value is -3.95. The Balaban J connectivity index is 1.44. The molecular weight excluding hydrogens is 460 g/mol. The number of carbonyl (C=O) groups is 1. The van der Waals surface area contributed by atoms with E-state index in [4.69, 9.17) is 36.5 Å². The number of benzene rings is 2. The highest BCUT2D eigenvalue weighted by molar-refractivity contribution is 5.95. The standard InChI is InChI=1S/C26H34N6O4/c1-2-34-25(33)36-26(10-13-31(14-11-26)21-6-3-19(4-7-21)23(27)28)17-35-22-8-5-18-9-12-32(24(29)30)16-20(18)15-22/h3-8,15H,2,9-14,16-17H2,1H3,(H3,27,28)(H3,29,30). The van der Waals surface area contributed by atoms with Crippen LogP contribution in [0.4, 0.5) is 10.5 Å². The average Bonchev–Trinajstić information content (AvgIpc) is 2.87. The monoisotopic (exact) mass is 494 g/mol. The molecule has 2 aliphatic heterocycles. The van der Waals surface area contributed by atoms with E-state index in [0.717, 1.165) is 24.2 Å². The molecule has 2 heterocycles. The van der Waals surface area contributed by atoms with Crippen LogP contribution in [-0.2, 0) is 22.4 Å². The molecule has 0 radical (unpaired) electrons. The van der Waals surface area contributed by atoms with Crippen LogP contribution in [-0.4, -0.2) is 61.3 Å². The number of ether oxygens (including phenoxy) is 3. The summed E-state index contributed by atoms with van der Waals surface area (Å²) < 4.78 is 17.1. The number of guanidine groups is 1. The molecule has 36 heavy (non-hydrogen) atoms. The van der Waals surface area contributed by atoms with Gasteiger partial charge in [-0.1, -0.05) is 6.07 Å². The zero-order valence-electron chi connectivity index (χ0n) is 20.6. The van der Waals surface area contributed by atoms with E-state index in [1.165, 1.54) is 5.56 Å². The number of hydrogen-bond donors (Lipinski definition) is 4. The van der Waals surface area contributed by atoms with Gasteiger partial charge in [0, 0.05) is 50.3 Å². The third-order valence-electron chi connectivity index (χ3n) is 6.81. The summed E-state index contributed by atoms with van der Waals surface area (Å²) in [7, 11) is 0. The Bertz CT molecular complexity index is 1110. The van der Waals surface area contributed by atoms with Crippen molar-refractivity contribution in [3.8, 4) is 5.75 Å². The summed E-state index contributed by atoms with van der Waals surface area (Å²) in [6, 6.07) is 13.5. The van der Waals surface area contributed by atoms with Crippen molar-refractivity contribution in [2.45, 2.75) is 38.3 Å². The largest absolute Gasteiger partial charge is 0.508 e. The number of amidine groups is 1. The molecule has 6 N–H and O–H groups in total. The Morgan fingerprint density at radius 3 is 2.39 bits per heavy atom. The van der Waals surface area contributed by atoms with Gasteiger partial charge in [-0.2, -0.15) is 0 Å². The summed E-state index contributed by atoms with van der Waals surface area (Å²) in [4.78, 5) is 16.3. The predicted molar refractivity (Wildman–Crippen MR) is 138 cm³/mol. The molecule has 0 amide bonds. The van der Waals surface area contributed by atoms with Gasteiger partial charge in [-0.25, -0.2) is 4.79 Å². The van der Waals surface area contributed by atoms with Gasteiger partial charge < -0.3 is 35.5 Å². The van der Waals surface area contributed by atoms with Gasteiger partial charge in [-0.15, -0.1) is 0 Å². The van der Waals surface area contributed by atoms with Crippen LogP contribution >= 0.6 is 0 Å². The van der Waals surface area contributed by atoms with E-state index in [-0.39, 0.29) is 25.0 Å². The van der Waals surface area contributed by atoms with Gasteiger partial charge in [0.1, 0.15) is 18.2 Å². The predicted octanol–water partition coefficient (Wildman–Crippen LogP) is 2.81. The number of carbonyl (C=O) groups excluding carboxylic acids is 1. The number of piperidine rings is 1. The minimum absolute atomic E-state index is 0.0374. The molecule has 2 aliphatic rings. The van der Waals surface area contributed by atoms with Crippen LogP contribution in [0.2, 0.25) is 0 Å². The number of fused-ring (bicyclic) bond motifs is 1. The van der Waals surface area contributed by atoms with E-state index in [0.29, 0.717) is 43.8 Å². The van der Waals surface area contributed by atoms with Crippen LogP contribution in [0.1, 0.15) is 36.5 Å². The van der Waals surface area contributed by atoms with E-state index in [9.17, 15) is 4.79 Å². The molecule has 1 fully saturated rings. The fourth-order valence-corrected chi connectivity index (χ4v) is 4.67. The Kier molecular flexibility index (Phi) is 7.52. The lowest BCUT2D eigenvalue weighted by Crippen LogP contribution is -2.51. The second-order valence-corrected chi connectivity index (χ2v) is 9.19. The molecule has 10 nitrogen and oxygen atoms in total. The molecule has 0 atom stereocenters. The first kappa shape index (κ1) is 25.2. The van der Waals surface area contributed by atoms with Gasteiger partial charge in [0.25, 0.3) is 0 Å². The molecule has 4 rings (SSSR count). The highest BCUT2D eigenvalue weighted by atomic mass is 16.7. The maximum absolute atomic E-state index is 12.3. The molecule has 0 saturated carbocycles. The van der Waals surface area contributed by atoms with E-state index in [2.05, 4.69) is 4.90 Å². The third kappa shape index (κ3) is 5.81. The van der Waals surface area contributed by atoms with Crippen LogP contribution < -0.4 is 21.1 Å². The van der Waals surface area contributed by atoms with Crippen molar-refractivity contribution in [1.82, 2.24) is 4.90 Å². The van der Waals surface area contributed by atoms with E-state index in [1.54, 1.807) is 6.92 Å². The Labute approximate surface area is 211 Å². The number of rotatable bonds is 7. The molecule has 2 aromatic carbocycles. The second-order valence-electron chi connectivity index (χ2n) is 9.19. The normalized spacial score (nSPS) is 16.6. The number of hydrogen-bond acceptors (Lipinski definition) is 7. The number of nitrogens with two attached hydrogens (primary N) is 2. The van der Waals surface area contributed by atoms with Crippen molar-refractivity contribution in [3.63, 3.8) is 0 Å². The number of nitrogen functional groups attached to an aromatic ring is 1. The third-order valence-corrected chi connectivity index (χ3v) is 6.81. The molecule has 0 unspecified atom stereocenters. The van der Waals surface area contributed by atoms with Gasteiger partial charge in [0.2, 0.25) is 0 Å². The molecule has 1 saturated heterocycles.